The van der Waals surface area contributed by atoms with E-state index in [1.54, 1.807) is 22.4 Å². The summed E-state index contributed by atoms with van der Waals surface area (Å²) in [5.41, 5.74) is 8.66. The summed E-state index contributed by atoms with van der Waals surface area (Å²) in [6, 6.07) is 3.53. The Morgan fingerprint density at radius 1 is 1.24 bits per heavy atom. The quantitative estimate of drug-likeness (QED) is 0.321. The topological polar surface area (TPSA) is 156 Å². The molecule has 0 bridgehead atoms. The number of rotatable bonds is 8. The van der Waals surface area contributed by atoms with E-state index in [4.69, 9.17) is 26.8 Å². The fraction of sp³-hybridized carbons (Fsp3) is 0.516. The van der Waals surface area contributed by atoms with Crippen LogP contribution in [0.5, 0.6) is 5.75 Å². The first kappa shape index (κ1) is 31.9. The van der Waals surface area contributed by atoms with Crippen molar-refractivity contribution in [3.8, 4) is 5.75 Å². The maximum absolute atomic E-state index is 13.6. The Bertz CT molecular complexity index is 1710. The molecule has 246 valence electrons. The highest BCUT2D eigenvalue weighted by molar-refractivity contribution is 7.18. The van der Waals surface area contributed by atoms with E-state index in [-0.39, 0.29) is 24.5 Å². The number of carbonyl (C=O) groups is 3. The number of nitrogen functional groups attached to an aromatic ring is 1. The Morgan fingerprint density at radius 3 is 2.72 bits per heavy atom. The van der Waals surface area contributed by atoms with Crippen molar-refractivity contribution in [2.24, 2.45) is 0 Å². The summed E-state index contributed by atoms with van der Waals surface area (Å²) >= 11 is 7.50. The van der Waals surface area contributed by atoms with Crippen molar-refractivity contribution < 1.29 is 23.9 Å². The molecular formula is C31H39ClN8O5S. The molecule has 2 fully saturated rings. The second-order valence-electron chi connectivity index (χ2n) is 13.1. The zero-order chi connectivity index (χ0) is 32.8. The van der Waals surface area contributed by atoms with Gasteiger partial charge in [0.05, 0.1) is 21.3 Å². The SMILES string of the molecule is CC(=O)N1CC=C(c2cc(N3CCC[C@@H](NC(=O)c4sc(Cl)cc4OCC4(NC(=O)OC(C)(C)C)CC4)C3)c3c(N)ncnn23)C1. The van der Waals surface area contributed by atoms with Crippen LogP contribution < -0.4 is 26.0 Å². The molecule has 46 heavy (non-hydrogen) atoms. The summed E-state index contributed by atoms with van der Waals surface area (Å²) in [7, 11) is 0. The maximum Gasteiger partial charge on any atom is 0.408 e. The first-order valence-corrected chi connectivity index (χ1v) is 16.6. The van der Waals surface area contributed by atoms with Crippen LogP contribution in [0, 0.1) is 0 Å². The molecule has 1 atom stereocenters. The molecule has 15 heteroatoms. The van der Waals surface area contributed by atoms with Crippen molar-refractivity contribution in [2.75, 3.05) is 43.4 Å². The highest BCUT2D eigenvalue weighted by Gasteiger charge is 2.46. The predicted molar refractivity (Wildman–Crippen MR) is 176 cm³/mol. The number of anilines is 2. The van der Waals surface area contributed by atoms with E-state index in [1.165, 1.54) is 6.33 Å². The van der Waals surface area contributed by atoms with Gasteiger partial charge in [-0.25, -0.2) is 14.3 Å². The van der Waals surface area contributed by atoms with Crippen LogP contribution in [0.4, 0.5) is 16.3 Å². The number of hydrogen-bond acceptors (Lipinski definition) is 10. The fourth-order valence-corrected chi connectivity index (χ4v) is 6.93. The van der Waals surface area contributed by atoms with Crippen molar-refractivity contribution in [2.45, 2.75) is 70.6 Å². The van der Waals surface area contributed by atoms with E-state index >= 15 is 0 Å². The first-order chi connectivity index (χ1) is 21.8. The number of aromatic nitrogens is 3. The van der Waals surface area contributed by atoms with E-state index in [0.29, 0.717) is 45.9 Å². The van der Waals surface area contributed by atoms with Gasteiger partial charge in [-0.3, -0.25) is 9.59 Å². The Hall–Kier alpha value is -4.04. The molecule has 0 radical (unpaired) electrons. The zero-order valence-corrected chi connectivity index (χ0v) is 28.0. The largest absolute Gasteiger partial charge is 0.489 e. The molecule has 0 spiro atoms. The number of nitrogens with two attached hydrogens (primary N) is 1. The molecule has 1 saturated carbocycles. The van der Waals surface area contributed by atoms with Gasteiger partial charge in [0, 0.05) is 45.2 Å². The number of amides is 3. The normalized spacial score (nSPS) is 19.2. The molecular weight excluding hydrogens is 632 g/mol. The molecule has 0 aromatic carbocycles. The summed E-state index contributed by atoms with van der Waals surface area (Å²) in [6.45, 7) is 9.56. The van der Waals surface area contributed by atoms with Gasteiger partial charge in [0.2, 0.25) is 5.91 Å². The lowest BCUT2D eigenvalue weighted by molar-refractivity contribution is -0.127. The molecule has 13 nitrogen and oxygen atoms in total. The van der Waals surface area contributed by atoms with Crippen molar-refractivity contribution in [3.63, 3.8) is 0 Å². The number of carbonyl (C=O) groups excluding carboxylic acids is 3. The van der Waals surface area contributed by atoms with Gasteiger partial charge < -0.3 is 35.6 Å². The summed E-state index contributed by atoms with van der Waals surface area (Å²) in [5, 5.41) is 10.6. The smallest absolute Gasteiger partial charge is 0.408 e. The standard InChI is InChI=1S/C31H39ClN8O5S/c1-18(41)38-11-7-19(14-38)21-12-22(25-27(33)34-17-35-40(21)25)39-10-5-6-20(15-39)36-28(42)26-23(13-24(32)46-26)44-16-31(8-9-31)37-29(43)45-30(2,3)4/h7,12-13,17,20H,5-6,8-11,14-16H2,1-4H3,(H,36,42)(H,37,43)(H2,33,34,35)/t20-/m1/s1. The minimum atomic E-state index is -0.606. The van der Waals surface area contributed by atoms with Gasteiger partial charge in [0.25, 0.3) is 5.91 Å². The van der Waals surface area contributed by atoms with Crippen molar-refractivity contribution in [3.05, 3.63) is 39.4 Å². The minimum Gasteiger partial charge on any atom is -0.489 e. The number of piperidine rings is 1. The predicted octanol–water partition coefficient (Wildman–Crippen LogP) is 4.11. The van der Waals surface area contributed by atoms with Crippen LogP contribution in [0.15, 0.2) is 24.5 Å². The molecule has 3 aliphatic rings. The molecule has 3 aromatic heterocycles. The number of nitrogens with zero attached hydrogens (tertiary/aromatic N) is 5. The Kier molecular flexibility index (Phi) is 8.53. The van der Waals surface area contributed by atoms with Crippen LogP contribution in [-0.4, -0.2) is 87.4 Å². The number of thiophene rings is 1. The number of fused-ring (bicyclic) bond motifs is 1. The third-order valence-corrected chi connectivity index (χ3v) is 9.60. The Balaban J connectivity index is 1.14. The molecule has 0 unspecified atom stereocenters. The Labute approximate surface area is 276 Å². The highest BCUT2D eigenvalue weighted by atomic mass is 35.5. The minimum absolute atomic E-state index is 0.0150. The average Bonchev–Trinajstić information content (AvgIpc) is 3.30. The molecule has 5 heterocycles. The monoisotopic (exact) mass is 670 g/mol. The van der Waals surface area contributed by atoms with E-state index in [1.807, 2.05) is 32.9 Å². The number of alkyl carbamates (subject to hydrolysis) is 1. The average molecular weight is 671 g/mol. The number of halogens is 1. The molecule has 1 aliphatic carbocycles. The third kappa shape index (κ3) is 6.87. The molecule has 6 rings (SSSR count). The van der Waals surface area contributed by atoms with Gasteiger partial charge in [0.15, 0.2) is 5.82 Å². The van der Waals surface area contributed by atoms with Crippen LogP contribution >= 0.6 is 22.9 Å². The fourth-order valence-electron chi connectivity index (χ4n) is 5.87. The summed E-state index contributed by atoms with van der Waals surface area (Å²) < 4.78 is 13.7. The van der Waals surface area contributed by atoms with Crippen LogP contribution in [-0.2, 0) is 9.53 Å². The second kappa shape index (κ2) is 12.3. The van der Waals surface area contributed by atoms with Gasteiger partial charge in [0.1, 0.15) is 34.7 Å². The zero-order valence-electron chi connectivity index (χ0n) is 26.4. The van der Waals surface area contributed by atoms with E-state index in [0.717, 1.165) is 60.5 Å². The molecule has 3 aromatic rings. The van der Waals surface area contributed by atoms with Gasteiger partial charge in [-0.05, 0) is 58.1 Å². The summed E-state index contributed by atoms with van der Waals surface area (Å²) in [4.78, 5) is 46.5. The first-order valence-electron chi connectivity index (χ1n) is 15.4. The van der Waals surface area contributed by atoms with Gasteiger partial charge in [-0.2, -0.15) is 5.10 Å². The third-order valence-electron chi connectivity index (χ3n) is 8.35. The summed E-state index contributed by atoms with van der Waals surface area (Å²) in [5.74, 6) is 0.486. The van der Waals surface area contributed by atoms with Crippen LogP contribution in [0.25, 0.3) is 11.1 Å². The van der Waals surface area contributed by atoms with E-state index in [2.05, 4.69) is 25.6 Å². The second-order valence-corrected chi connectivity index (χ2v) is 14.8. The lowest BCUT2D eigenvalue weighted by Gasteiger charge is -2.34. The van der Waals surface area contributed by atoms with Crippen LogP contribution in [0.1, 0.15) is 68.7 Å². The van der Waals surface area contributed by atoms with Gasteiger partial charge in [-0.15, -0.1) is 11.3 Å². The van der Waals surface area contributed by atoms with E-state index < -0.39 is 17.2 Å². The van der Waals surface area contributed by atoms with Crippen molar-refractivity contribution in [1.29, 1.82) is 0 Å². The van der Waals surface area contributed by atoms with Crippen molar-refractivity contribution >= 4 is 63.4 Å². The van der Waals surface area contributed by atoms with Gasteiger partial charge in [-0.1, -0.05) is 17.7 Å². The lowest BCUT2D eigenvalue weighted by atomic mass is 10.0. The number of ether oxygens (including phenoxy) is 2. The van der Waals surface area contributed by atoms with Crippen LogP contribution in [0.3, 0.4) is 0 Å². The number of hydrogen-bond donors (Lipinski definition) is 3. The molecule has 2 aliphatic heterocycles. The van der Waals surface area contributed by atoms with Crippen molar-refractivity contribution in [1.82, 2.24) is 30.1 Å². The van der Waals surface area contributed by atoms with Gasteiger partial charge >= 0.3 is 6.09 Å². The molecule has 4 N–H and O–H groups in total. The molecule has 3 amide bonds. The molecule has 1 saturated heterocycles. The highest BCUT2D eigenvalue weighted by Crippen LogP contribution is 2.39. The number of nitrogens with one attached hydrogen (secondary N) is 2. The lowest BCUT2D eigenvalue weighted by Crippen LogP contribution is -2.47. The maximum atomic E-state index is 13.6. The van der Waals surface area contributed by atoms with Crippen LogP contribution in [0.2, 0.25) is 4.34 Å². The Morgan fingerprint density at radius 2 is 2.02 bits per heavy atom. The van der Waals surface area contributed by atoms with E-state index in [9.17, 15) is 14.4 Å². The summed E-state index contributed by atoms with van der Waals surface area (Å²) in [6.07, 6.45) is 6.12.